The van der Waals surface area contributed by atoms with Crippen molar-refractivity contribution in [3.8, 4) is 5.75 Å². The Balaban J connectivity index is 0.00000180. The van der Waals surface area contributed by atoms with Crippen LogP contribution < -0.4 is 16.0 Å². The highest BCUT2D eigenvalue weighted by Gasteiger charge is 2.13. The number of nitrogens with zero attached hydrogens (tertiary/aromatic N) is 1. The molecule has 1 amide bonds. The maximum absolute atomic E-state index is 11.5. The number of rotatable bonds is 5. The Labute approximate surface area is 119 Å². The number of para-hydroxylation sites is 1. The van der Waals surface area contributed by atoms with Crippen molar-refractivity contribution in [1.82, 2.24) is 10.3 Å². The van der Waals surface area contributed by atoms with E-state index in [0.29, 0.717) is 17.9 Å². The van der Waals surface area contributed by atoms with Gasteiger partial charge in [-0.1, -0.05) is 12.1 Å². The summed E-state index contributed by atoms with van der Waals surface area (Å²) in [6.07, 6.45) is 2.54. The molecule has 106 valence electrons. The number of carbonyl (C=O) groups is 1. The molecular formula is C13H20ClN3O2. The van der Waals surface area contributed by atoms with Gasteiger partial charge in [0, 0.05) is 6.54 Å². The number of nitrogens with one attached hydrogen (secondary N) is 1. The molecule has 1 heterocycles. The van der Waals surface area contributed by atoms with Crippen molar-refractivity contribution in [2.24, 2.45) is 5.84 Å². The number of benzene rings is 1. The Morgan fingerprint density at radius 3 is 2.68 bits per heavy atom. The van der Waals surface area contributed by atoms with Gasteiger partial charge in [-0.2, -0.15) is 0 Å². The third-order valence-electron chi connectivity index (χ3n) is 3.13. The number of likely N-dealkylation sites (tertiary alicyclic amines) is 1. The first-order chi connectivity index (χ1) is 8.81. The van der Waals surface area contributed by atoms with E-state index in [-0.39, 0.29) is 18.3 Å². The average Bonchev–Trinajstić information content (AvgIpc) is 2.92. The number of carbonyl (C=O) groups excluding carboxylic acids is 1. The van der Waals surface area contributed by atoms with Gasteiger partial charge in [-0.05, 0) is 38.1 Å². The highest BCUT2D eigenvalue weighted by Crippen LogP contribution is 2.17. The van der Waals surface area contributed by atoms with Crippen molar-refractivity contribution in [2.45, 2.75) is 12.8 Å². The zero-order valence-electron chi connectivity index (χ0n) is 10.8. The van der Waals surface area contributed by atoms with Crippen LogP contribution in [0, 0.1) is 0 Å². The van der Waals surface area contributed by atoms with Crippen molar-refractivity contribution in [1.29, 1.82) is 0 Å². The summed E-state index contributed by atoms with van der Waals surface area (Å²) in [7, 11) is 0. The van der Waals surface area contributed by atoms with Gasteiger partial charge >= 0.3 is 0 Å². The normalized spacial score (nSPS) is 14.8. The molecule has 3 N–H and O–H groups in total. The van der Waals surface area contributed by atoms with E-state index in [1.165, 1.54) is 12.8 Å². The molecule has 1 fully saturated rings. The van der Waals surface area contributed by atoms with Gasteiger partial charge < -0.3 is 4.74 Å². The van der Waals surface area contributed by atoms with E-state index in [0.717, 1.165) is 19.6 Å². The van der Waals surface area contributed by atoms with Crippen LogP contribution in [0.1, 0.15) is 23.2 Å². The monoisotopic (exact) mass is 285 g/mol. The quantitative estimate of drug-likeness (QED) is 0.484. The topological polar surface area (TPSA) is 67.6 Å². The Kier molecular flexibility index (Phi) is 6.62. The molecule has 2 rings (SSSR count). The van der Waals surface area contributed by atoms with Crippen molar-refractivity contribution in [3.05, 3.63) is 29.8 Å². The number of hydrogen-bond acceptors (Lipinski definition) is 4. The lowest BCUT2D eigenvalue weighted by molar-refractivity contribution is 0.0949. The third-order valence-corrected chi connectivity index (χ3v) is 3.13. The molecule has 5 nitrogen and oxygen atoms in total. The first kappa shape index (κ1) is 15.8. The Morgan fingerprint density at radius 2 is 2.00 bits per heavy atom. The van der Waals surface area contributed by atoms with E-state index >= 15 is 0 Å². The van der Waals surface area contributed by atoms with Crippen LogP contribution in [-0.2, 0) is 0 Å². The molecule has 1 aliphatic rings. The number of hydrogen-bond donors (Lipinski definition) is 2. The number of halogens is 1. The number of nitrogen functional groups attached to an aromatic ring is 1. The fraction of sp³-hybridized carbons (Fsp3) is 0.462. The summed E-state index contributed by atoms with van der Waals surface area (Å²) in [6, 6.07) is 7.12. The lowest BCUT2D eigenvalue weighted by Crippen LogP contribution is -2.30. The second kappa shape index (κ2) is 7.99. The molecule has 1 aromatic carbocycles. The van der Waals surface area contributed by atoms with Crippen molar-refractivity contribution < 1.29 is 9.53 Å². The van der Waals surface area contributed by atoms with E-state index in [2.05, 4.69) is 10.3 Å². The van der Waals surface area contributed by atoms with E-state index < -0.39 is 0 Å². The molecule has 0 spiro atoms. The third kappa shape index (κ3) is 4.38. The lowest BCUT2D eigenvalue weighted by atomic mass is 10.2. The zero-order valence-corrected chi connectivity index (χ0v) is 11.6. The van der Waals surface area contributed by atoms with Crippen LogP contribution in [0.25, 0.3) is 0 Å². The van der Waals surface area contributed by atoms with Gasteiger partial charge in [-0.15, -0.1) is 12.4 Å². The fourth-order valence-corrected chi connectivity index (χ4v) is 2.15. The molecule has 19 heavy (non-hydrogen) atoms. The molecule has 6 heteroatoms. The van der Waals surface area contributed by atoms with Crippen LogP contribution >= 0.6 is 12.4 Å². The van der Waals surface area contributed by atoms with E-state index in [4.69, 9.17) is 10.6 Å². The van der Waals surface area contributed by atoms with Crippen molar-refractivity contribution in [2.75, 3.05) is 26.2 Å². The molecular weight excluding hydrogens is 266 g/mol. The number of amides is 1. The van der Waals surface area contributed by atoms with E-state index in [9.17, 15) is 4.79 Å². The van der Waals surface area contributed by atoms with Gasteiger partial charge in [-0.25, -0.2) is 5.84 Å². The summed E-state index contributed by atoms with van der Waals surface area (Å²) < 4.78 is 5.66. The Morgan fingerprint density at radius 1 is 1.32 bits per heavy atom. The standard InChI is InChI=1S/C13H19N3O2.ClH/c14-15-13(17)11-5-1-2-6-12(11)18-10-9-16-7-3-4-8-16;/h1-2,5-6H,3-4,7-10,14H2,(H,15,17);1H. The highest BCUT2D eigenvalue weighted by atomic mass is 35.5. The smallest absolute Gasteiger partial charge is 0.268 e. The first-order valence-electron chi connectivity index (χ1n) is 6.26. The van der Waals surface area contributed by atoms with E-state index in [1.807, 2.05) is 6.07 Å². The molecule has 0 aliphatic carbocycles. The van der Waals surface area contributed by atoms with Gasteiger partial charge in [0.15, 0.2) is 0 Å². The van der Waals surface area contributed by atoms with Crippen LogP contribution in [-0.4, -0.2) is 37.0 Å². The minimum absolute atomic E-state index is 0. The number of ether oxygens (including phenoxy) is 1. The summed E-state index contributed by atoms with van der Waals surface area (Å²) in [5.74, 6) is 5.39. The van der Waals surface area contributed by atoms with Crippen LogP contribution in [0.4, 0.5) is 0 Å². The first-order valence-corrected chi connectivity index (χ1v) is 6.26. The SMILES string of the molecule is Cl.NNC(=O)c1ccccc1OCCN1CCCC1. The van der Waals surface area contributed by atoms with Crippen molar-refractivity contribution in [3.63, 3.8) is 0 Å². The van der Waals surface area contributed by atoms with Gasteiger partial charge in [0.05, 0.1) is 5.56 Å². The molecule has 1 aromatic rings. The molecule has 1 saturated heterocycles. The Bertz CT molecular complexity index is 409. The lowest BCUT2D eigenvalue weighted by Gasteiger charge is -2.16. The summed E-state index contributed by atoms with van der Waals surface area (Å²) in [6.45, 7) is 3.79. The number of nitrogens with two attached hydrogens (primary N) is 1. The molecule has 0 saturated carbocycles. The second-order valence-corrected chi connectivity index (χ2v) is 4.37. The van der Waals surface area contributed by atoms with Gasteiger partial charge in [0.1, 0.15) is 12.4 Å². The molecule has 1 aliphatic heterocycles. The van der Waals surface area contributed by atoms with Crippen LogP contribution in [0.5, 0.6) is 5.75 Å². The van der Waals surface area contributed by atoms with Crippen LogP contribution in [0.3, 0.4) is 0 Å². The minimum atomic E-state index is -0.327. The zero-order chi connectivity index (χ0) is 12.8. The summed E-state index contributed by atoms with van der Waals surface area (Å²) in [5, 5.41) is 0. The maximum Gasteiger partial charge on any atom is 0.268 e. The summed E-state index contributed by atoms with van der Waals surface area (Å²) in [5.41, 5.74) is 2.60. The van der Waals surface area contributed by atoms with Crippen LogP contribution in [0.15, 0.2) is 24.3 Å². The summed E-state index contributed by atoms with van der Waals surface area (Å²) >= 11 is 0. The minimum Gasteiger partial charge on any atom is -0.491 e. The number of hydrazine groups is 1. The van der Waals surface area contributed by atoms with Gasteiger partial charge in [-0.3, -0.25) is 15.1 Å². The maximum atomic E-state index is 11.5. The largest absolute Gasteiger partial charge is 0.491 e. The predicted molar refractivity (Wildman–Crippen MR) is 76.5 cm³/mol. The van der Waals surface area contributed by atoms with Gasteiger partial charge in [0.25, 0.3) is 5.91 Å². The van der Waals surface area contributed by atoms with Gasteiger partial charge in [0.2, 0.25) is 0 Å². The van der Waals surface area contributed by atoms with E-state index in [1.54, 1.807) is 18.2 Å². The molecule has 0 bridgehead atoms. The Hall–Kier alpha value is -1.30. The predicted octanol–water partition coefficient (Wildman–Crippen LogP) is 1.19. The summed E-state index contributed by atoms with van der Waals surface area (Å²) in [4.78, 5) is 13.9. The highest BCUT2D eigenvalue weighted by molar-refractivity contribution is 5.96. The molecule has 0 aromatic heterocycles. The molecule has 0 unspecified atom stereocenters. The fourth-order valence-electron chi connectivity index (χ4n) is 2.15. The van der Waals surface area contributed by atoms with Crippen molar-refractivity contribution >= 4 is 18.3 Å². The molecule has 0 radical (unpaired) electrons. The second-order valence-electron chi connectivity index (χ2n) is 4.37. The molecule has 0 atom stereocenters. The average molecular weight is 286 g/mol. The van der Waals surface area contributed by atoms with Crippen LogP contribution in [0.2, 0.25) is 0 Å².